The molecule has 0 unspecified atom stereocenters. The van der Waals surface area contributed by atoms with Gasteiger partial charge in [0.1, 0.15) is 29.5 Å². The fraction of sp³-hybridized carbons (Fsp3) is 0.0417. The summed E-state index contributed by atoms with van der Waals surface area (Å²) in [5.74, 6) is -1.50. The molecule has 4 rings (SSSR count). The zero-order valence-electron chi connectivity index (χ0n) is 16.6. The first-order valence-electron chi connectivity index (χ1n) is 9.59. The average Bonchev–Trinajstić information content (AvgIpc) is 2.78. The van der Waals surface area contributed by atoms with Gasteiger partial charge in [0, 0.05) is 5.56 Å². The number of hydrogen-bond donors (Lipinski definition) is 2. The second kappa shape index (κ2) is 8.73. The molecule has 1 fully saturated rings. The number of nitrogens with one attached hydrogen (secondary N) is 1. The summed E-state index contributed by atoms with van der Waals surface area (Å²) in [6.07, 6.45) is 1.36. The summed E-state index contributed by atoms with van der Waals surface area (Å²) in [5.41, 5.74) is 0.933. The average molecular weight is 432 g/mol. The van der Waals surface area contributed by atoms with Crippen LogP contribution in [0.4, 0.5) is 14.9 Å². The summed E-state index contributed by atoms with van der Waals surface area (Å²) in [7, 11) is 0. The fourth-order valence-electron chi connectivity index (χ4n) is 3.10. The number of barbiturate groups is 1. The third kappa shape index (κ3) is 4.34. The number of urea groups is 1. The molecular formula is C24H17FN2O5. The highest BCUT2D eigenvalue weighted by Gasteiger charge is 2.36. The number of benzene rings is 3. The number of aromatic hydroxyl groups is 1. The lowest BCUT2D eigenvalue weighted by Crippen LogP contribution is -2.54. The van der Waals surface area contributed by atoms with E-state index in [2.05, 4.69) is 5.32 Å². The SMILES string of the molecule is O=C1NC(=O)N(c2ccc(O)cc2)C(=O)/C1=C\c1ccc(OCc2ccccc2F)cc1. The van der Waals surface area contributed by atoms with Crippen LogP contribution in [-0.4, -0.2) is 23.0 Å². The van der Waals surface area contributed by atoms with Gasteiger partial charge >= 0.3 is 6.03 Å². The lowest BCUT2D eigenvalue weighted by Gasteiger charge is -2.26. The van der Waals surface area contributed by atoms with E-state index in [9.17, 15) is 23.9 Å². The van der Waals surface area contributed by atoms with Crippen LogP contribution in [0.2, 0.25) is 0 Å². The topological polar surface area (TPSA) is 95.9 Å². The molecule has 1 aliphatic rings. The Morgan fingerprint density at radius 1 is 0.938 bits per heavy atom. The van der Waals surface area contributed by atoms with Gasteiger partial charge in [-0.3, -0.25) is 14.9 Å². The van der Waals surface area contributed by atoms with Crippen molar-refractivity contribution in [3.8, 4) is 11.5 Å². The van der Waals surface area contributed by atoms with Crippen LogP contribution >= 0.6 is 0 Å². The van der Waals surface area contributed by atoms with Crippen molar-refractivity contribution >= 4 is 29.6 Å². The number of amides is 4. The number of halogens is 1. The van der Waals surface area contributed by atoms with Crippen LogP contribution in [0.5, 0.6) is 11.5 Å². The molecule has 1 saturated heterocycles. The molecule has 0 bridgehead atoms. The van der Waals surface area contributed by atoms with Crippen LogP contribution < -0.4 is 15.0 Å². The quantitative estimate of drug-likeness (QED) is 0.473. The lowest BCUT2D eigenvalue weighted by molar-refractivity contribution is -0.122. The third-order valence-corrected chi connectivity index (χ3v) is 4.75. The summed E-state index contributed by atoms with van der Waals surface area (Å²) < 4.78 is 19.3. The Labute approximate surface area is 182 Å². The predicted octanol–water partition coefficient (Wildman–Crippen LogP) is 3.78. The van der Waals surface area contributed by atoms with E-state index in [1.165, 1.54) is 36.4 Å². The molecule has 160 valence electrons. The Bertz CT molecular complexity index is 1220. The molecule has 3 aromatic carbocycles. The van der Waals surface area contributed by atoms with Gasteiger partial charge in [-0.1, -0.05) is 30.3 Å². The number of carbonyl (C=O) groups excluding carboxylic acids is 3. The first-order chi connectivity index (χ1) is 15.4. The van der Waals surface area contributed by atoms with Gasteiger partial charge in [-0.25, -0.2) is 14.1 Å². The molecule has 1 heterocycles. The first-order valence-corrected chi connectivity index (χ1v) is 9.59. The highest BCUT2D eigenvalue weighted by molar-refractivity contribution is 6.39. The summed E-state index contributed by atoms with van der Waals surface area (Å²) >= 11 is 0. The molecule has 8 heteroatoms. The summed E-state index contributed by atoms with van der Waals surface area (Å²) in [6, 6.07) is 17.4. The molecule has 0 aromatic heterocycles. The van der Waals surface area contributed by atoms with Gasteiger partial charge in [0.2, 0.25) is 0 Å². The van der Waals surface area contributed by atoms with Crippen molar-refractivity contribution in [3.63, 3.8) is 0 Å². The molecular weight excluding hydrogens is 415 g/mol. The first kappa shape index (κ1) is 20.8. The number of hydrogen-bond acceptors (Lipinski definition) is 5. The van der Waals surface area contributed by atoms with Crippen LogP contribution in [0, 0.1) is 5.82 Å². The van der Waals surface area contributed by atoms with E-state index in [4.69, 9.17) is 4.74 Å². The normalized spacial score (nSPS) is 15.1. The highest BCUT2D eigenvalue weighted by Crippen LogP contribution is 2.24. The van der Waals surface area contributed by atoms with Gasteiger partial charge in [0.15, 0.2) is 0 Å². The van der Waals surface area contributed by atoms with Crippen molar-refractivity contribution in [2.45, 2.75) is 6.61 Å². The maximum absolute atomic E-state index is 13.7. The maximum atomic E-state index is 13.7. The Morgan fingerprint density at radius 3 is 2.31 bits per heavy atom. The lowest BCUT2D eigenvalue weighted by atomic mass is 10.1. The summed E-state index contributed by atoms with van der Waals surface area (Å²) in [6.45, 7) is 0.0533. The van der Waals surface area contributed by atoms with E-state index in [0.29, 0.717) is 16.9 Å². The minimum atomic E-state index is -0.875. The van der Waals surface area contributed by atoms with Crippen molar-refractivity contribution in [1.82, 2.24) is 5.32 Å². The van der Waals surface area contributed by atoms with Gasteiger partial charge in [-0.15, -0.1) is 0 Å². The number of nitrogens with zero attached hydrogens (tertiary/aromatic N) is 1. The predicted molar refractivity (Wildman–Crippen MR) is 114 cm³/mol. The second-order valence-corrected chi connectivity index (χ2v) is 6.92. The molecule has 4 amide bonds. The number of rotatable bonds is 5. The van der Waals surface area contributed by atoms with Crippen LogP contribution in [-0.2, 0) is 16.2 Å². The minimum absolute atomic E-state index is 0.0252. The molecule has 0 saturated carbocycles. The summed E-state index contributed by atoms with van der Waals surface area (Å²) in [4.78, 5) is 38.1. The van der Waals surface area contributed by atoms with E-state index >= 15 is 0 Å². The minimum Gasteiger partial charge on any atom is -0.508 e. The van der Waals surface area contributed by atoms with E-state index in [-0.39, 0.29) is 29.4 Å². The largest absolute Gasteiger partial charge is 0.508 e. The zero-order valence-corrected chi connectivity index (χ0v) is 16.6. The van der Waals surface area contributed by atoms with Gasteiger partial charge in [-0.05, 0) is 54.1 Å². The van der Waals surface area contributed by atoms with E-state index < -0.39 is 17.8 Å². The molecule has 1 aliphatic heterocycles. The molecule has 0 aliphatic carbocycles. The number of ether oxygens (including phenoxy) is 1. The zero-order chi connectivity index (χ0) is 22.7. The summed E-state index contributed by atoms with van der Waals surface area (Å²) in [5, 5.41) is 11.6. The monoisotopic (exact) mass is 432 g/mol. The van der Waals surface area contributed by atoms with Crippen molar-refractivity contribution in [2.75, 3.05) is 4.90 Å². The smallest absolute Gasteiger partial charge is 0.335 e. The van der Waals surface area contributed by atoms with Crippen LogP contribution in [0.25, 0.3) is 6.08 Å². The molecule has 32 heavy (non-hydrogen) atoms. The van der Waals surface area contributed by atoms with Crippen LogP contribution in [0.1, 0.15) is 11.1 Å². The van der Waals surface area contributed by atoms with Gasteiger partial charge < -0.3 is 9.84 Å². The number of carbonyl (C=O) groups is 3. The van der Waals surface area contributed by atoms with E-state index in [1.54, 1.807) is 42.5 Å². The van der Waals surface area contributed by atoms with Crippen molar-refractivity contribution in [3.05, 3.63) is 95.3 Å². The Hall–Kier alpha value is -4.46. The molecule has 2 N–H and O–H groups in total. The Morgan fingerprint density at radius 2 is 1.62 bits per heavy atom. The standard InChI is InChI=1S/C24H17FN2O5/c25-21-4-2-1-3-16(21)14-32-19-11-5-15(6-12-19)13-20-22(29)26-24(31)27(23(20)30)17-7-9-18(28)10-8-17/h1-13,28H,14H2,(H,26,29,31)/b20-13-. The number of phenols is 1. The molecule has 3 aromatic rings. The molecule has 0 spiro atoms. The van der Waals surface area contributed by atoms with Crippen LogP contribution in [0.15, 0.2) is 78.4 Å². The number of phenolic OH excluding ortho intramolecular Hbond substituents is 1. The van der Waals surface area contributed by atoms with Gasteiger partial charge in [0.05, 0.1) is 5.69 Å². The molecule has 7 nitrogen and oxygen atoms in total. The van der Waals surface area contributed by atoms with E-state index in [1.807, 2.05) is 0 Å². The van der Waals surface area contributed by atoms with Gasteiger partial charge in [-0.2, -0.15) is 0 Å². The maximum Gasteiger partial charge on any atom is 0.335 e. The fourth-order valence-corrected chi connectivity index (χ4v) is 3.10. The Balaban J connectivity index is 1.52. The van der Waals surface area contributed by atoms with Crippen molar-refractivity contribution in [1.29, 1.82) is 0 Å². The number of anilines is 1. The highest BCUT2D eigenvalue weighted by atomic mass is 19.1. The second-order valence-electron chi connectivity index (χ2n) is 6.92. The molecule has 0 radical (unpaired) electrons. The third-order valence-electron chi connectivity index (χ3n) is 4.75. The van der Waals surface area contributed by atoms with E-state index in [0.717, 1.165) is 4.90 Å². The van der Waals surface area contributed by atoms with Crippen molar-refractivity contribution in [2.24, 2.45) is 0 Å². The number of imide groups is 2. The van der Waals surface area contributed by atoms with Gasteiger partial charge in [0.25, 0.3) is 11.8 Å². The Kier molecular flexibility index (Phi) is 5.67. The van der Waals surface area contributed by atoms with Crippen LogP contribution in [0.3, 0.4) is 0 Å². The molecule has 0 atom stereocenters. The van der Waals surface area contributed by atoms with Crippen molar-refractivity contribution < 1.29 is 28.6 Å².